The predicted octanol–water partition coefficient (Wildman–Crippen LogP) is 3.75. The minimum atomic E-state index is 0.582. The lowest BCUT2D eigenvalue weighted by Crippen LogP contribution is -2.40. The summed E-state index contributed by atoms with van der Waals surface area (Å²) < 4.78 is 0. The third kappa shape index (κ3) is 2.21. The van der Waals surface area contributed by atoms with E-state index in [0.717, 1.165) is 29.2 Å². The molecule has 0 aliphatic carbocycles. The summed E-state index contributed by atoms with van der Waals surface area (Å²) in [7, 11) is 0. The van der Waals surface area contributed by atoms with Crippen molar-refractivity contribution in [3.63, 3.8) is 0 Å². The fourth-order valence-corrected chi connectivity index (χ4v) is 3.37. The van der Waals surface area contributed by atoms with Gasteiger partial charge in [-0.25, -0.2) is 0 Å². The maximum Gasteiger partial charge on any atom is 0.0451 e. The summed E-state index contributed by atoms with van der Waals surface area (Å²) in [5.74, 6) is 0.824. The molecule has 1 aromatic carbocycles. The Morgan fingerprint density at radius 1 is 1.25 bits per heavy atom. The van der Waals surface area contributed by atoms with Crippen molar-refractivity contribution in [2.45, 2.75) is 39.7 Å². The Bertz CT molecular complexity index is 635. The van der Waals surface area contributed by atoms with Crippen LogP contribution in [-0.4, -0.2) is 17.6 Å². The normalized spacial score (nSPS) is 23.2. The number of nitrogens with two attached hydrogens (primary N) is 1. The highest BCUT2D eigenvalue weighted by molar-refractivity contribution is 6.01. The Morgan fingerprint density at radius 3 is 2.80 bits per heavy atom. The second-order valence-electron chi connectivity index (χ2n) is 6.22. The average molecular weight is 269 g/mol. The van der Waals surface area contributed by atoms with Gasteiger partial charge in [0.25, 0.3) is 0 Å². The molecular formula is C17H23N3. The van der Waals surface area contributed by atoms with Crippen molar-refractivity contribution in [1.82, 2.24) is 4.98 Å². The summed E-state index contributed by atoms with van der Waals surface area (Å²) in [6.45, 7) is 7.84. The number of aryl methyl sites for hydroxylation is 1. The van der Waals surface area contributed by atoms with E-state index in [1.54, 1.807) is 0 Å². The molecule has 1 aliphatic heterocycles. The Balaban J connectivity index is 2.11. The lowest BCUT2D eigenvalue weighted by atomic mass is 9.92. The van der Waals surface area contributed by atoms with Gasteiger partial charge in [0.2, 0.25) is 0 Å². The molecule has 2 aromatic rings. The smallest absolute Gasteiger partial charge is 0.0451 e. The number of fused-ring (bicyclic) bond motifs is 1. The second kappa shape index (κ2) is 4.97. The number of hydrogen-bond acceptors (Lipinski definition) is 3. The quantitative estimate of drug-likeness (QED) is 0.802. The lowest BCUT2D eigenvalue weighted by molar-refractivity contribution is 0.378. The summed E-state index contributed by atoms with van der Waals surface area (Å²) >= 11 is 0. The van der Waals surface area contributed by atoms with Crippen LogP contribution in [0.4, 0.5) is 11.4 Å². The predicted molar refractivity (Wildman–Crippen MR) is 86.1 cm³/mol. The lowest BCUT2D eigenvalue weighted by Gasteiger charge is -2.39. The number of aromatic nitrogens is 1. The molecule has 2 atom stereocenters. The van der Waals surface area contributed by atoms with Crippen LogP contribution in [0.2, 0.25) is 0 Å². The molecule has 2 unspecified atom stereocenters. The number of nitrogen functional groups attached to an aromatic ring is 1. The standard InChI is InChI=1S/C17H23N3/c1-11-6-7-20(13(3)8-11)17-5-4-16(18)15-10-19-12(2)9-14(15)17/h4-5,9-11,13H,6-8,18H2,1-3H3. The van der Waals surface area contributed by atoms with Gasteiger partial charge < -0.3 is 10.6 Å². The molecule has 0 amide bonds. The van der Waals surface area contributed by atoms with Gasteiger partial charge in [-0.3, -0.25) is 4.98 Å². The molecule has 2 N–H and O–H groups in total. The van der Waals surface area contributed by atoms with Crippen LogP contribution in [0, 0.1) is 12.8 Å². The van der Waals surface area contributed by atoms with Crippen LogP contribution < -0.4 is 10.6 Å². The number of anilines is 2. The van der Waals surface area contributed by atoms with Crippen molar-refractivity contribution in [3.8, 4) is 0 Å². The summed E-state index contributed by atoms with van der Waals surface area (Å²) in [6, 6.07) is 6.92. The molecule has 0 radical (unpaired) electrons. The van der Waals surface area contributed by atoms with Crippen molar-refractivity contribution in [1.29, 1.82) is 0 Å². The Labute approximate surface area is 120 Å². The van der Waals surface area contributed by atoms with Gasteiger partial charge in [0.1, 0.15) is 0 Å². The topological polar surface area (TPSA) is 42.1 Å². The summed E-state index contributed by atoms with van der Waals surface area (Å²) in [5.41, 5.74) is 9.27. The first kappa shape index (κ1) is 13.2. The Kier molecular flexibility index (Phi) is 3.28. The van der Waals surface area contributed by atoms with E-state index in [4.69, 9.17) is 5.73 Å². The maximum atomic E-state index is 6.10. The zero-order valence-electron chi connectivity index (χ0n) is 12.6. The van der Waals surface area contributed by atoms with Gasteiger partial charge in [0, 0.05) is 46.6 Å². The second-order valence-corrected chi connectivity index (χ2v) is 6.22. The molecule has 106 valence electrons. The molecule has 1 aliphatic rings. The number of pyridine rings is 1. The first-order valence-corrected chi connectivity index (χ1v) is 7.47. The molecule has 3 rings (SSSR count). The van der Waals surface area contributed by atoms with Crippen molar-refractivity contribution < 1.29 is 0 Å². The highest BCUT2D eigenvalue weighted by Gasteiger charge is 2.24. The number of hydrogen-bond donors (Lipinski definition) is 1. The average Bonchev–Trinajstić information content (AvgIpc) is 2.40. The highest BCUT2D eigenvalue weighted by atomic mass is 15.2. The Hall–Kier alpha value is -1.77. The van der Waals surface area contributed by atoms with Crippen LogP contribution in [-0.2, 0) is 0 Å². The fourth-order valence-electron chi connectivity index (χ4n) is 3.37. The summed E-state index contributed by atoms with van der Waals surface area (Å²) in [5, 5.41) is 2.30. The minimum Gasteiger partial charge on any atom is -0.398 e. The molecular weight excluding hydrogens is 246 g/mol. The third-order valence-electron chi connectivity index (χ3n) is 4.50. The van der Waals surface area contributed by atoms with Crippen molar-refractivity contribution in [3.05, 3.63) is 30.1 Å². The molecule has 0 saturated carbocycles. The van der Waals surface area contributed by atoms with Crippen LogP contribution >= 0.6 is 0 Å². The van der Waals surface area contributed by atoms with E-state index < -0.39 is 0 Å². The fraction of sp³-hybridized carbons (Fsp3) is 0.471. The van der Waals surface area contributed by atoms with Crippen LogP contribution in [0.25, 0.3) is 10.8 Å². The van der Waals surface area contributed by atoms with E-state index in [-0.39, 0.29) is 0 Å². The van der Waals surface area contributed by atoms with Crippen LogP contribution in [0.1, 0.15) is 32.4 Å². The molecule has 1 fully saturated rings. The van der Waals surface area contributed by atoms with Gasteiger partial charge >= 0.3 is 0 Å². The van der Waals surface area contributed by atoms with E-state index in [0.29, 0.717) is 6.04 Å². The minimum absolute atomic E-state index is 0.582. The SMILES string of the molecule is Cc1cc2c(N3CCC(C)CC3C)ccc(N)c2cn1. The number of benzene rings is 1. The zero-order chi connectivity index (χ0) is 14.3. The molecule has 3 heteroatoms. The number of nitrogens with zero attached hydrogens (tertiary/aromatic N) is 2. The van der Waals surface area contributed by atoms with Crippen molar-refractivity contribution >= 4 is 22.1 Å². The third-order valence-corrected chi connectivity index (χ3v) is 4.50. The van der Waals surface area contributed by atoms with Crippen molar-refractivity contribution in [2.24, 2.45) is 5.92 Å². The maximum absolute atomic E-state index is 6.10. The summed E-state index contributed by atoms with van der Waals surface area (Å²) in [6.07, 6.45) is 4.43. The van der Waals surface area contributed by atoms with E-state index >= 15 is 0 Å². The van der Waals surface area contributed by atoms with Crippen LogP contribution in [0.3, 0.4) is 0 Å². The van der Waals surface area contributed by atoms with Crippen LogP contribution in [0.5, 0.6) is 0 Å². The first-order valence-electron chi connectivity index (χ1n) is 7.47. The molecule has 1 saturated heterocycles. The van der Waals surface area contributed by atoms with E-state index in [9.17, 15) is 0 Å². The number of piperidine rings is 1. The largest absolute Gasteiger partial charge is 0.398 e. The zero-order valence-corrected chi connectivity index (χ0v) is 12.6. The molecule has 2 heterocycles. The van der Waals surface area contributed by atoms with Gasteiger partial charge in [0.05, 0.1) is 0 Å². The van der Waals surface area contributed by atoms with Crippen LogP contribution in [0.15, 0.2) is 24.4 Å². The van der Waals surface area contributed by atoms with Gasteiger partial charge in [0.15, 0.2) is 0 Å². The first-order chi connectivity index (χ1) is 9.56. The monoisotopic (exact) mass is 269 g/mol. The van der Waals surface area contributed by atoms with Gasteiger partial charge in [-0.05, 0) is 50.8 Å². The van der Waals surface area contributed by atoms with E-state index in [2.05, 4.69) is 35.9 Å². The van der Waals surface area contributed by atoms with Crippen molar-refractivity contribution in [2.75, 3.05) is 17.2 Å². The molecule has 0 bridgehead atoms. The highest BCUT2D eigenvalue weighted by Crippen LogP contribution is 2.35. The molecule has 3 nitrogen and oxygen atoms in total. The molecule has 0 spiro atoms. The van der Waals surface area contributed by atoms with E-state index in [1.165, 1.54) is 23.9 Å². The van der Waals surface area contributed by atoms with Gasteiger partial charge in [-0.1, -0.05) is 6.92 Å². The molecule has 20 heavy (non-hydrogen) atoms. The number of rotatable bonds is 1. The Morgan fingerprint density at radius 2 is 2.05 bits per heavy atom. The van der Waals surface area contributed by atoms with Gasteiger partial charge in [-0.2, -0.15) is 0 Å². The summed E-state index contributed by atoms with van der Waals surface area (Å²) in [4.78, 5) is 6.92. The van der Waals surface area contributed by atoms with E-state index in [1.807, 2.05) is 19.2 Å². The van der Waals surface area contributed by atoms with Gasteiger partial charge in [-0.15, -0.1) is 0 Å². The molecule has 1 aromatic heterocycles.